The zero-order chi connectivity index (χ0) is 49.9. The van der Waals surface area contributed by atoms with Crippen LogP contribution in [-0.2, 0) is 65.8 Å². The van der Waals surface area contributed by atoms with Gasteiger partial charge in [-0.3, -0.25) is 48.2 Å². The summed E-state index contributed by atoms with van der Waals surface area (Å²) in [5.41, 5.74) is 3.22. The number of halogens is 2. The third kappa shape index (κ3) is 13.5. The van der Waals surface area contributed by atoms with Crippen LogP contribution in [0.2, 0.25) is 0 Å². The van der Waals surface area contributed by atoms with E-state index in [1.165, 1.54) is 4.90 Å². The number of rotatable bonds is 9. The van der Waals surface area contributed by atoms with Gasteiger partial charge < -0.3 is 34.3 Å². The van der Waals surface area contributed by atoms with Gasteiger partial charge in [0.05, 0.1) is 26.4 Å². The number of hydrogen-bond acceptors (Lipinski definition) is 18. The number of ether oxygens (including phenoxy) is 2. The Labute approximate surface area is 403 Å². The van der Waals surface area contributed by atoms with Gasteiger partial charge in [-0.15, -0.1) is 5.06 Å². The molecular formula is C46H59F2N9O13. The van der Waals surface area contributed by atoms with Crippen LogP contribution in [0.3, 0.4) is 0 Å². The minimum Gasteiger partial charge on any atom is -0.378 e. The Kier molecular flexibility index (Phi) is 17.6. The van der Waals surface area contributed by atoms with Crippen LogP contribution >= 0.6 is 0 Å². The van der Waals surface area contributed by atoms with E-state index in [1.54, 1.807) is 12.1 Å². The lowest BCUT2D eigenvalue weighted by atomic mass is 10.1. The summed E-state index contributed by atoms with van der Waals surface area (Å²) in [4.78, 5) is 115. The fraction of sp³-hybridized carbons (Fsp3) is 0.565. The van der Waals surface area contributed by atoms with Crippen molar-refractivity contribution in [2.24, 2.45) is 0 Å². The molecule has 380 valence electrons. The molecule has 7 aliphatic rings. The third-order valence-electron chi connectivity index (χ3n) is 12.5. The van der Waals surface area contributed by atoms with Gasteiger partial charge in [-0.1, -0.05) is 22.3 Å². The molecule has 2 atom stereocenters. The van der Waals surface area contributed by atoms with Gasteiger partial charge in [-0.25, -0.2) is 13.6 Å². The predicted molar refractivity (Wildman–Crippen MR) is 240 cm³/mol. The van der Waals surface area contributed by atoms with Crippen molar-refractivity contribution >= 4 is 59.1 Å². The lowest BCUT2D eigenvalue weighted by molar-refractivity contribution is -0.198. The average molecular weight is 984 g/mol. The third-order valence-corrected chi connectivity index (χ3v) is 12.5. The van der Waals surface area contributed by atoms with Crippen LogP contribution in [0.4, 0.5) is 29.7 Å². The zero-order valence-electron chi connectivity index (χ0n) is 39.3. The quantitative estimate of drug-likeness (QED) is 0.356. The van der Waals surface area contributed by atoms with E-state index in [-0.39, 0.29) is 66.3 Å². The molecule has 1 N–H and O–H groups in total. The van der Waals surface area contributed by atoms with E-state index >= 15 is 0 Å². The van der Waals surface area contributed by atoms with Crippen molar-refractivity contribution in [3.05, 3.63) is 59.2 Å². The van der Waals surface area contributed by atoms with Gasteiger partial charge in [-0.05, 0) is 38.1 Å². The first-order valence-corrected chi connectivity index (χ1v) is 23.5. The van der Waals surface area contributed by atoms with E-state index in [0.29, 0.717) is 62.6 Å². The molecule has 0 unspecified atom stereocenters. The summed E-state index contributed by atoms with van der Waals surface area (Å²) in [5, 5.41) is 4.49. The largest absolute Gasteiger partial charge is 0.560 e. The normalized spacial score (nSPS) is 22.5. The number of anilines is 2. The number of imide groups is 3. The fourth-order valence-corrected chi connectivity index (χ4v) is 8.72. The van der Waals surface area contributed by atoms with E-state index in [1.807, 2.05) is 31.2 Å². The second kappa shape index (κ2) is 24.0. The van der Waals surface area contributed by atoms with Gasteiger partial charge in [-0.2, -0.15) is 4.79 Å². The molecular weight excluding hydrogens is 925 g/mol. The second-order valence-corrected chi connectivity index (χ2v) is 17.7. The summed E-state index contributed by atoms with van der Waals surface area (Å²) in [6.07, 6.45) is -2.32. The van der Waals surface area contributed by atoms with Crippen molar-refractivity contribution in [2.75, 3.05) is 102 Å². The van der Waals surface area contributed by atoms with Crippen LogP contribution in [0.5, 0.6) is 0 Å². The number of carbonyl (C=O) groups is 8. The number of nitrogens with one attached hydrogen (secondary N) is 1. The molecule has 24 heteroatoms. The van der Waals surface area contributed by atoms with Crippen LogP contribution in [0, 0.1) is 11.6 Å². The number of amides is 7. The summed E-state index contributed by atoms with van der Waals surface area (Å²) >= 11 is 0. The predicted octanol–water partition coefficient (Wildman–Crippen LogP) is 2.09. The molecule has 70 heavy (non-hydrogen) atoms. The van der Waals surface area contributed by atoms with Crippen molar-refractivity contribution < 1.29 is 71.1 Å². The number of benzene rings is 2. The number of piperazine rings is 2. The van der Waals surface area contributed by atoms with Crippen LogP contribution in [-0.4, -0.2) is 182 Å². The van der Waals surface area contributed by atoms with Crippen molar-refractivity contribution in [1.82, 2.24) is 35.2 Å². The van der Waals surface area contributed by atoms with Gasteiger partial charge in [0.15, 0.2) is 0 Å². The minimum absolute atomic E-state index is 0.0608. The van der Waals surface area contributed by atoms with Crippen LogP contribution in [0.25, 0.3) is 0 Å². The molecule has 7 amide bonds. The minimum atomic E-state index is -1.48. The Bertz CT molecular complexity index is 2190. The van der Waals surface area contributed by atoms with Gasteiger partial charge in [0, 0.05) is 152 Å². The van der Waals surface area contributed by atoms with Gasteiger partial charge in [0.1, 0.15) is 11.6 Å². The molecule has 0 saturated carbocycles. The fourth-order valence-electron chi connectivity index (χ4n) is 8.72. The van der Waals surface area contributed by atoms with E-state index in [0.717, 1.165) is 76.0 Å². The van der Waals surface area contributed by atoms with E-state index in [9.17, 15) is 47.1 Å². The Morgan fingerprint density at radius 1 is 0.571 bits per heavy atom. The van der Waals surface area contributed by atoms with E-state index < -0.39 is 47.7 Å². The maximum absolute atomic E-state index is 14.7. The maximum atomic E-state index is 14.7. The number of morpholine rings is 2. The summed E-state index contributed by atoms with van der Waals surface area (Å²) < 4.78 is 39.8. The Balaban J connectivity index is 0.000000162. The summed E-state index contributed by atoms with van der Waals surface area (Å²) in [6.45, 7) is 15.5. The van der Waals surface area contributed by atoms with Crippen molar-refractivity contribution in [3.63, 3.8) is 0 Å². The van der Waals surface area contributed by atoms with E-state index in [2.05, 4.69) is 41.5 Å². The molecule has 0 aliphatic carbocycles. The molecule has 7 aliphatic heterocycles. The SMILES string of the molecule is C[C@H]1CN(Cc2ccc(N3CCOCC3)cc2F)CCN1.C[C@H]1CN(Cc2ccc(N3CCOCC3)cc2F)CCN1C(=O)ON1C(=O)CCC1=O.O=C(ON1C(=O)CCC1=O)ON1C(=O)CCC1=O. The first-order valence-electron chi connectivity index (χ1n) is 23.5. The topological polar surface area (TPSA) is 221 Å². The molecule has 2 aromatic rings. The monoisotopic (exact) mass is 983 g/mol. The lowest BCUT2D eigenvalue weighted by Crippen LogP contribution is -2.54. The number of carbonyl (C=O) groups excluding carboxylic acids is 8. The molecule has 0 radical (unpaired) electrons. The highest BCUT2D eigenvalue weighted by molar-refractivity contribution is 6.03. The molecule has 0 aromatic heterocycles. The number of hydrogen-bond donors (Lipinski definition) is 1. The maximum Gasteiger partial charge on any atom is 0.560 e. The van der Waals surface area contributed by atoms with Crippen molar-refractivity contribution in [2.45, 2.75) is 77.5 Å². The molecule has 7 saturated heterocycles. The zero-order valence-corrected chi connectivity index (χ0v) is 39.3. The molecule has 0 bridgehead atoms. The summed E-state index contributed by atoms with van der Waals surface area (Å²) in [7, 11) is 0. The van der Waals surface area contributed by atoms with Crippen molar-refractivity contribution in [3.8, 4) is 0 Å². The van der Waals surface area contributed by atoms with Crippen LogP contribution in [0.1, 0.15) is 63.5 Å². The standard InChI is InChI=1S/C21H27FN4O5.C16H24FN3O.C9H8N2O7/c1-15-13-23(6-7-25(15)21(29)31-26-19(27)4-5-20(26)28)14-16-2-3-17(12-18(16)22)24-8-10-30-11-9-24;1-13-11-19(5-4-18-13)12-14-2-3-15(10-16(14)17)20-6-8-21-9-7-20;12-5-1-2-6(13)10(5)17-9(16)18-11-7(14)3-4-8(11)15/h2-3,12,15H,4-11,13-14H2,1H3;2-3,10,13,18H,4-9,11-12H2,1H3;1-4H2/t15-;13-;/m00./s1. The smallest absolute Gasteiger partial charge is 0.378 e. The van der Waals surface area contributed by atoms with Crippen LogP contribution < -0.4 is 15.1 Å². The van der Waals surface area contributed by atoms with E-state index in [4.69, 9.17) is 14.3 Å². The molecule has 22 nitrogen and oxygen atoms in total. The lowest BCUT2D eigenvalue weighted by Gasteiger charge is -2.39. The Morgan fingerprint density at radius 3 is 1.39 bits per heavy atom. The molecule has 7 fully saturated rings. The van der Waals surface area contributed by atoms with Gasteiger partial charge in [0.25, 0.3) is 35.4 Å². The van der Waals surface area contributed by atoms with Crippen LogP contribution in [0.15, 0.2) is 36.4 Å². The summed E-state index contributed by atoms with van der Waals surface area (Å²) in [5.74, 6) is -4.07. The van der Waals surface area contributed by atoms with Gasteiger partial charge in [0.2, 0.25) is 0 Å². The molecule has 7 heterocycles. The van der Waals surface area contributed by atoms with Gasteiger partial charge >= 0.3 is 12.2 Å². The highest BCUT2D eigenvalue weighted by Gasteiger charge is 2.39. The average Bonchev–Trinajstić information content (AvgIpc) is 3.97. The molecule has 2 aromatic carbocycles. The highest BCUT2D eigenvalue weighted by atomic mass is 19.1. The van der Waals surface area contributed by atoms with Crippen molar-refractivity contribution in [1.29, 1.82) is 0 Å². The second-order valence-electron chi connectivity index (χ2n) is 17.7. The summed E-state index contributed by atoms with van der Waals surface area (Å²) in [6, 6.07) is 11.2. The first-order chi connectivity index (χ1) is 33.6. The molecule has 9 rings (SSSR count). The first kappa shape index (κ1) is 51.5. The molecule has 0 spiro atoms. The number of nitrogens with zero attached hydrogens (tertiary/aromatic N) is 8. The highest BCUT2D eigenvalue weighted by Crippen LogP contribution is 2.25. The Morgan fingerprint density at radius 2 is 0.986 bits per heavy atom. The number of hydroxylamine groups is 6. The Hall–Kier alpha value is -6.34.